The monoisotopic (exact) mass is 396 g/mol. The topological polar surface area (TPSA) is 105 Å². The van der Waals surface area contributed by atoms with Gasteiger partial charge < -0.3 is 20.5 Å². The van der Waals surface area contributed by atoms with Crippen LogP contribution in [0.1, 0.15) is 40.7 Å². The van der Waals surface area contributed by atoms with Gasteiger partial charge in [-0.2, -0.15) is 0 Å². The van der Waals surface area contributed by atoms with Crippen LogP contribution in [-0.4, -0.2) is 29.1 Å². The normalized spacial score (nSPS) is 13.9. The van der Waals surface area contributed by atoms with Gasteiger partial charge in [0.1, 0.15) is 6.61 Å². The molecule has 1 aliphatic carbocycles. The van der Waals surface area contributed by atoms with E-state index in [4.69, 9.17) is 9.84 Å². The van der Waals surface area contributed by atoms with E-state index in [1.54, 1.807) is 12.1 Å². The molecule has 1 fully saturated rings. The average Bonchev–Trinajstić information content (AvgIpc) is 3.57. The molecule has 152 valence electrons. The molecule has 2 amide bonds. The summed E-state index contributed by atoms with van der Waals surface area (Å²) in [6.07, 6.45) is 1.61. The Morgan fingerprint density at radius 1 is 1.00 bits per heavy atom. The van der Waals surface area contributed by atoms with E-state index in [1.807, 2.05) is 30.3 Å². The van der Waals surface area contributed by atoms with Crippen molar-refractivity contribution in [2.24, 2.45) is 5.92 Å². The summed E-state index contributed by atoms with van der Waals surface area (Å²) >= 11 is 0. The molecule has 3 rings (SSSR count). The zero-order valence-corrected chi connectivity index (χ0v) is 16.0. The van der Waals surface area contributed by atoms with Gasteiger partial charge in [0.15, 0.2) is 0 Å². The molecule has 0 saturated heterocycles. The second-order valence-electron chi connectivity index (χ2n) is 7.13. The van der Waals surface area contributed by atoms with E-state index < -0.39 is 12.1 Å². The van der Waals surface area contributed by atoms with Crippen molar-refractivity contribution in [1.82, 2.24) is 10.6 Å². The third-order valence-corrected chi connectivity index (χ3v) is 4.80. The van der Waals surface area contributed by atoms with Crippen LogP contribution in [0.3, 0.4) is 0 Å². The van der Waals surface area contributed by atoms with Gasteiger partial charge in [-0.25, -0.2) is 9.59 Å². The number of benzene rings is 2. The fourth-order valence-electron chi connectivity index (χ4n) is 2.99. The maximum Gasteiger partial charge on any atom is 0.407 e. The van der Waals surface area contributed by atoms with Gasteiger partial charge in [-0.1, -0.05) is 42.5 Å². The summed E-state index contributed by atoms with van der Waals surface area (Å²) in [4.78, 5) is 35.3. The molecule has 0 bridgehead atoms. The third-order valence-electron chi connectivity index (χ3n) is 4.80. The Bertz CT molecular complexity index is 847. The van der Waals surface area contributed by atoms with E-state index in [0.29, 0.717) is 12.5 Å². The summed E-state index contributed by atoms with van der Waals surface area (Å²) in [7, 11) is 0. The molecule has 0 spiro atoms. The molecule has 1 saturated carbocycles. The number of carbonyl (C=O) groups is 3. The maximum absolute atomic E-state index is 12.3. The fourth-order valence-corrected chi connectivity index (χ4v) is 2.99. The molecule has 0 aliphatic heterocycles. The Morgan fingerprint density at radius 2 is 1.69 bits per heavy atom. The molecule has 1 atom stereocenters. The minimum absolute atomic E-state index is 0.174. The molecule has 7 nitrogen and oxygen atoms in total. The van der Waals surface area contributed by atoms with Crippen molar-refractivity contribution in [2.45, 2.75) is 38.5 Å². The average molecular weight is 396 g/mol. The lowest BCUT2D eigenvalue weighted by Crippen LogP contribution is -2.40. The molecule has 7 heteroatoms. The lowest BCUT2D eigenvalue weighted by atomic mass is 10.1. The first-order chi connectivity index (χ1) is 14.0. The first kappa shape index (κ1) is 20.4. The van der Waals surface area contributed by atoms with Crippen LogP contribution in [0.25, 0.3) is 0 Å². The van der Waals surface area contributed by atoms with Crippen molar-refractivity contribution in [3.05, 3.63) is 71.3 Å². The Balaban J connectivity index is 1.44. The summed E-state index contributed by atoms with van der Waals surface area (Å²) < 4.78 is 5.25. The van der Waals surface area contributed by atoms with Crippen molar-refractivity contribution in [3.63, 3.8) is 0 Å². The zero-order chi connectivity index (χ0) is 20.6. The predicted molar refractivity (Wildman–Crippen MR) is 106 cm³/mol. The largest absolute Gasteiger partial charge is 0.478 e. The summed E-state index contributed by atoms with van der Waals surface area (Å²) in [6.45, 7) is 0.483. The van der Waals surface area contributed by atoms with Crippen LogP contribution in [0.15, 0.2) is 54.6 Å². The van der Waals surface area contributed by atoms with Crippen molar-refractivity contribution in [1.29, 1.82) is 0 Å². The molecular formula is C22H24N2O5. The van der Waals surface area contributed by atoms with E-state index in [9.17, 15) is 14.4 Å². The smallest absolute Gasteiger partial charge is 0.407 e. The maximum atomic E-state index is 12.3. The van der Waals surface area contributed by atoms with Crippen LogP contribution in [0.2, 0.25) is 0 Å². The molecule has 0 radical (unpaired) electrons. The predicted octanol–water partition coefficient (Wildman–Crippen LogP) is 3.10. The SMILES string of the molecule is O=C(CC(NC(=O)OCc1ccccc1)C1CC1)NCc1ccc(C(=O)O)cc1. The molecule has 2 aromatic rings. The second kappa shape index (κ2) is 9.73. The van der Waals surface area contributed by atoms with Crippen molar-refractivity contribution >= 4 is 18.0 Å². The van der Waals surface area contributed by atoms with Gasteiger partial charge in [0.25, 0.3) is 0 Å². The molecule has 1 unspecified atom stereocenters. The summed E-state index contributed by atoms with van der Waals surface area (Å²) in [5.74, 6) is -0.870. The van der Waals surface area contributed by atoms with Gasteiger partial charge in [-0.15, -0.1) is 0 Å². The molecule has 29 heavy (non-hydrogen) atoms. The third kappa shape index (κ3) is 6.64. The van der Waals surface area contributed by atoms with Crippen molar-refractivity contribution in [3.8, 4) is 0 Å². The minimum Gasteiger partial charge on any atom is -0.478 e. The number of hydrogen-bond donors (Lipinski definition) is 3. The molecule has 0 aromatic heterocycles. The number of hydrogen-bond acceptors (Lipinski definition) is 4. The highest BCUT2D eigenvalue weighted by atomic mass is 16.5. The zero-order valence-electron chi connectivity index (χ0n) is 16.0. The molecule has 1 aliphatic rings. The quantitative estimate of drug-likeness (QED) is 0.604. The molecule has 0 heterocycles. The fraction of sp³-hybridized carbons (Fsp3) is 0.318. The standard InChI is InChI=1S/C22H24N2O5/c25-20(23-13-15-6-8-18(9-7-15)21(26)27)12-19(17-10-11-17)24-22(28)29-14-16-4-2-1-3-5-16/h1-9,17,19H,10-14H2,(H,23,25)(H,24,28)(H,26,27). The Hall–Kier alpha value is -3.35. The number of carbonyl (C=O) groups excluding carboxylic acids is 2. The van der Waals surface area contributed by atoms with Gasteiger partial charge >= 0.3 is 12.1 Å². The number of carboxylic acids is 1. The Kier molecular flexibility index (Phi) is 6.84. The first-order valence-electron chi connectivity index (χ1n) is 9.57. The summed E-state index contributed by atoms with van der Waals surface area (Å²) in [5, 5.41) is 14.5. The molecule has 2 aromatic carbocycles. The van der Waals surface area contributed by atoms with Crippen LogP contribution in [0, 0.1) is 5.92 Å². The van der Waals surface area contributed by atoms with Crippen LogP contribution in [-0.2, 0) is 22.7 Å². The number of aromatic carboxylic acids is 1. The van der Waals surface area contributed by atoms with Crippen LogP contribution < -0.4 is 10.6 Å². The van der Waals surface area contributed by atoms with Gasteiger partial charge in [-0.05, 0) is 42.0 Å². The highest BCUT2D eigenvalue weighted by molar-refractivity contribution is 5.87. The van der Waals surface area contributed by atoms with Crippen LogP contribution >= 0.6 is 0 Å². The number of rotatable bonds is 9. The Morgan fingerprint density at radius 3 is 2.31 bits per heavy atom. The highest BCUT2D eigenvalue weighted by Gasteiger charge is 2.34. The van der Waals surface area contributed by atoms with E-state index in [0.717, 1.165) is 24.0 Å². The van der Waals surface area contributed by atoms with E-state index in [-0.39, 0.29) is 30.5 Å². The van der Waals surface area contributed by atoms with E-state index in [1.165, 1.54) is 12.1 Å². The van der Waals surface area contributed by atoms with Crippen LogP contribution in [0.4, 0.5) is 4.79 Å². The van der Waals surface area contributed by atoms with Gasteiger partial charge in [0, 0.05) is 19.0 Å². The highest BCUT2D eigenvalue weighted by Crippen LogP contribution is 2.34. The number of ether oxygens (including phenoxy) is 1. The number of amides is 2. The number of alkyl carbamates (subject to hydrolysis) is 1. The number of carboxylic acid groups (broad SMARTS) is 1. The number of nitrogens with one attached hydrogen (secondary N) is 2. The molecular weight excluding hydrogens is 372 g/mol. The summed E-state index contributed by atoms with van der Waals surface area (Å²) in [6, 6.07) is 15.5. The minimum atomic E-state index is -0.988. The Labute approximate surface area is 169 Å². The van der Waals surface area contributed by atoms with Gasteiger partial charge in [0.05, 0.1) is 5.56 Å². The second-order valence-corrected chi connectivity index (χ2v) is 7.13. The van der Waals surface area contributed by atoms with Crippen molar-refractivity contribution < 1.29 is 24.2 Å². The van der Waals surface area contributed by atoms with Gasteiger partial charge in [-0.3, -0.25) is 4.79 Å². The van der Waals surface area contributed by atoms with Gasteiger partial charge in [0.2, 0.25) is 5.91 Å². The molecule has 3 N–H and O–H groups in total. The van der Waals surface area contributed by atoms with E-state index >= 15 is 0 Å². The summed E-state index contributed by atoms with van der Waals surface area (Å²) in [5.41, 5.74) is 1.91. The van der Waals surface area contributed by atoms with E-state index in [2.05, 4.69) is 10.6 Å². The first-order valence-corrected chi connectivity index (χ1v) is 9.57. The lowest BCUT2D eigenvalue weighted by molar-refractivity contribution is -0.121. The lowest BCUT2D eigenvalue weighted by Gasteiger charge is -2.18. The van der Waals surface area contributed by atoms with Crippen LogP contribution in [0.5, 0.6) is 0 Å². The van der Waals surface area contributed by atoms with Crippen molar-refractivity contribution in [2.75, 3.05) is 0 Å².